The third-order valence-corrected chi connectivity index (χ3v) is 8.09. The maximum Gasteiger partial charge on any atom is -0.0443 e. The first-order chi connectivity index (χ1) is 15.2. The van der Waals surface area contributed by atoms with Gasteiger partial charge in [-0.05, 0) is 35.5 Å². The summed E-state index contributed by atoms with van der Waals surface area (Å²) in [6.45, 7) is 19.4. The van der Waals surface area contributed by atoms with Gasteiger partial charge in [0.05, 0.1) is 0 Å². The van der Waals surface area contributed by atoms with Crippen LogP contribution in [0.2, 0.25) is 0 Å². The molecule has 0 spiro atoms. The van der Waals surface area contributed by atoms with Crippen molar-refractivity contribution in [2.24, 2.45) is 35.5 Å². The van der Waals surface area contributed by atoms with Crippen LogP contribution in [0.25, 0.3) is 0 Å². The minimum Gasteiger partial charge on any atom is -0.0654 e. The predicted octanol–water partition coefficient (Wildman–Crippen LogP) is 11.9. The van der Waals surface area contributed by atoms with Crippen LogP contribution in [0, 0.1) is 35.5 Å². The molecular formula is C32H66. The average molecular weight is 451 g/mol. The molecule has 0 aromatic heterocycles. The molecule has 0 saturated heterocycles. The molecule has 0 aromatic rings. The van der Waals surface area contributed by atoms with Crippen molar-refractivity contribution in [3.8, 4) is 0 Å². The SMILES string of the molecule is CCCC(C)CCCC(C)CCCC(C)CCCCC(C)CCCC(C)CCCC(C)C. The van der Waals surface area contributed by atoms with Gasteiger partial charge >= 0.3 is 0 Å². The highest BCUT2D eigenvalue weighted by Crippen LogP contribution is 2.24. The Morgan fingerprint density at radius 2 is 0.562 bits per heavy atom. The zero-order valence-corrected chi connectivity index (χ0v) is 24.2. The Morgan fingerprint density at radius 1 is 0.312 bits per heavy atom. The van der Waals surface area contributed by atoms with E-state index < -0.39 is 0 Å². The molecule has 194 valence electrons. The Morgan fingerprint density at radius 3 is 0.844 bits per heavy atom. The van der Waals surface area contributed by atoms with E-state index >= 15 is 0 Å². The van der Waals surface area contributed by atoms with Crippen molar-refractivity contribution in [1.29, 1.82) is 0 Å². The maximum atomic E-state index is 2.50. The molecule has 0 radical (unpaired) electrons. The summed E-state index contributed by atoms with van der Waals surface area (Å²) in [5, 5.41) is 0. The summed E-state index contributed by atoms with van der Waals surface area (Å²) in [6.07, 6.45) is 26.0. The molecule has 0 bridgehead atoms. The van der Waals surface area contributed by atoms with Crippen LogP contribution in [0.1, 0.15) is 171 Å². The van der Waals surface area contributed by atoms with E-state index in [1.807, 2.05) is 0 Å². The normalized spacial score (nSPS) is 16.8. The summed E-state index contributed by atoms with van der Waals surface area (Å²) >= 11 is 0. The number of hydrogen-bond donors (Lipinski definition) is 0. The molecule has 0 heterocycles. The lowest BCUT2D eigenvalue weighted by Gasteiger charge is -2.17. The molecule has 0 nitrogen and oxygen atoms in total. The van der Waals surface area contributed by atoms with E-state index in [9.17, 15) is 0 Å². The van der Waals surface area contributed by atoms with Crippen LogP contribution in [0.5, 0.6) is 0 Å². The second kappa shape index (κ2) is 21.5. The van der Waals surface area contributed by atoms with Gasteiger partial charge in [-0.1, -0.05) is 171 Å². The summed E-state index contributed by atoms with van der Waals surface area (Å²) in [6, 6.07) is 0. The second-order valence-electron chi connectivity index (χ2n) is 12.7. The van der Waals surface area contributed by atoms with Gasteiger partial charge in [-0.3, -0.25) is 0 Å². The topological polar surface area (TPSA) is 0 Å². The van der Waals surface area contributed by atoms with Crippen molar-refractivity contribution < 1.29 is 0 Å². The average Bonchev–Trinajstić information content (AvgIpc) is 2.71. The van der Waals surface area contributed by atoms with Gasteiger partial charge in [0.15, 0.2) is 0 Å². The fraction of sp³-hybridized carbons (Fsp3) is 1.00. The fourth-order valence-electron chi connectivity index (χ4n) is 5.52. The summed E-state index contributed by atoms with van der Waals surface area (Å²) in [5.74, 6) is 5.58. The third-order valence-electron chi connectivity index (χ3n) is 8.09. The van der Waals surface area contributed by atoms with Crippen LogP contribution < -0.4 is 0 Å². The van der Waals surface area contributed by atoms with Gasteiger partial charge in [0.25, 0.3) is 0 Å². The molecule has 0 amide bonds. The van der Waals surface area contributed by atoms with E-state index in [2.05, 4.69) is 55.4 Å². The first-order valence-corrected chi connectivity index (χ1v) is 15.2. The van der Waals surface area contributed by atoms with Crippen LogP contribution in [0.4, 0.5) is 0 Å². The molecule has 32 heavy (non-hydrogen) atoms. The molecule has 0 aliphatic rings. The van der Waals surface area contributed by atoms with Gasteiger partial charge < -0.3 is 0 Å². The van der Waals surface area contributed by atoms with Gasteiger partial charge in [0.1, 0.15) is 0 Å². The van der Waals surface area contributed by atoms with Crippen LogP contribution in [0.15, 0.2) is 0 Å². The fourth-order valence-corrected chi connectivity index (χ4v) is 5.52. The summed E-state index contributed by atoms with van der Waals surface area (Å²) in [4.78, 5) is 0. The number of hydrogen-bond acceptors (Lipinski definition) is 0. The monoisotopic (exact) mass is 451 g/mol. The molecule has 0 N–H and O–H groups in total. The van der Waals surface area contributed by atoms with E-state index in [0.29, 0.717) is 0 Å². The molecule has 0 saturated carbocycles. The molecule has 0 fully saturated rings. The molecule has 0 aliphatic carbocycles. The Bertz CT molecular complexity index is 370. The second-order valence-corrected chi connectivity index (χ2v) is 12.7. The predicted molar refractivity (Wildman–Crippen MR) is 149 cm³/mol. The van der Waals surface area contributed by atoms with Crippen molar-refractivity contribution in [1.82, 2.24) is 0 Å². The zero-order chi connectivity index (χ0) is 24.2. The zero-order valence-electron chi connectivity index (χ0n) is 24.2. The Hall–Kier alpha value is 0. The Labute approximate surface area is 206 Å². The first kappa shape index (κ1) is 32.0. The Kier molecular flexibility index (Phi) is 21.5. The largest absolute Gasteiger partial charge is 0.0654 e. The van der Waals surface area contributed by atoms with E-state index in [-0.39, 0.29) is 0 Å². The molecule has 0 aromatic carbocycles. The van der Waals surface area contributed by atoms with Crippen molar-refractivity contribution in [3.05, 3.63) is 0 Å². The molecule has 0 aliphatic heterocycles. The van der Waals surface area contributed by atoms with E-state index in [0.717, 1.165) is 35.5 Å². The standard InChI is InChI=1S/C32H66/c1-9-16-28(4)21-13-24-32(8)26-15-23-30(6)19-11-10-18-29(5)22-14-25-31(7)20-12-17-27(2)3/h27-32H,9-26H2,1-8H3. The third kappa shape index (κ3) is 21.8. The first-order valence-electron chi connectivity index (χ1n) is 15.2. The minimum absolute atomic E-state index is 0.877. The van der Waals surface area contributed by atoms with Gasteiger partial charge in [0.2, 0.25) is 0 Å². The lowest BCUT2D eigenvalue weighted by Crippen LogP contribution is -2.02. The molecule has 5 unspecified atom stereocenters. The number of unbranched alkanes of at least 4 members (excludes halogenated alkanes) is 1. The van der Waals surface area contributed by atoms with Gasteiger partial charge in [-0.2, -0.15) is 0 Å². The quantitative estimate of drug-likeness (QED) is 0.136. The lowest BCUT2D eigenvalue weighted by atomic mass is 9.90. The lowest BCUT2D eigenvalue weighted by molar-refractivity contribution is 0.366. The maximum absolute atomic E-state index is 2.50. The summed E-state index contributed by atoms with van der Waals surface area (Å²) in [7, 11) is 0. The van der Waals surface area contributed by atoms with Crippen molar-refractivity contribution in [3.63, 3.8) is 0 Å². The summed E-state index contributed by atoms with van der Waals surface area (Å²) in [5.41, 5.74) is 0. The van der Waals surface area contributed by atoms with Crippen molar-refractivity contribution in [2.75, 3.05) is 0 Å². The van der Waals surface area contributed by atoms with Crippen LogP contribution in [-0.4, -0.2) is 0 Å². The van der Waals surface area contributed by atoms with Gasteiger partial charge in [0, 0.05) is 0 Å². The van der Waals surface area contributed by atoms with E-state index in [1.54, 1.807) is 0 Å². The smallest absolute Gasteiger partial charge is 0.0443 e. The summed E-state index contributed by atoms with van der Waals surface area (Å²) < 4.78 is 0. The van der Waals surface area contributed by atoms with Crippen molar-refractivity contribution >= 4 is 0 Å². The van der Waals surface area contributed by atoms with Crippen molar-refractivity contribution in [2.45, 2.75) is 171 Å². The van der Waals surface area contributed by atoms with Crippen LogP contribution in [-0.2, 0) is 0 Å². The van der Waals surface area contributed by atoms with Crippen LogP contribution >= 0.6 is 0 Å². The Balaban J connectivity index is 3.56. The minimum atomic E-state index is 0.877. The highest BCUT2D eigenvalue weighted by Gasteiger charge is 2.09. The molecule has 0 heteroatoms. The van der Waals surface area contributed by atoms with E-state index in [4.69, 9.17) is 0 Å². The molecule has 5 atom stereocenters. The highest BCUT2D eigenvalue weighted by molar-refractivity contribution is 4.62. The highest BCUT2D eigenvalue weighted by atomic mass is 14.2. The molecular weight excluding hydrogens is 384 g/mol. The van der Waals surface area contributed by atoms with Gasteiger partial charge in [-0.15, -0.1) is 0 Å². The van der Waals surface area contributed by atoms with Gasteiger partial charge in [-0.25, -0.2) is 0 Å². The number of rotatable bonds is 23. The molecule has 0 rings (SSSR count). The van der Waals surface area contributed by atoms with Crippen LogP contribution in [0.3, 0.4) is 0 Å². The van der Waals surface area contributed by atoms with E-state index in [1.165, 1.54) is 116 Å².